The molecule has 2 aromatic carbocycles. The number of carbonyl (C=O) groups excluding carboxylic acids is 1. The van der Waals surface area contributed by atoms with Crippen LogP contribution in [-0.2, 0) is 11.2 Å². The van der Waals surface area contributed by atoms with Crippen molar-refractivity contribution >= 4 is 16.7 Å². The Balaban J connectivity index is 1.76. The molecule has 1 aliphatic carbocycles. The molecular formula is C19H23NO3. The predicted octanol–water partition coefficient (Wildman–Crippen LogP) is 2.81. The van der Waals surface area contributed by atoms with Crippen LogP contribution in [0.5, 0.6) is 5.75 Å². The number of hydrogen-bond acceptors (Lipinski definition) is 3. The van der Waals surface area contributed by atoms with Gasteiger partial charge in [-0.1, -0.05) is 37.1 Å². The summed E-state index contributed by atoms with van der Waals surface area (Å²) in [6.07, 6.45) is 3.63. The highest BCUT2D eigenvalue weighted by atomic mass is 16.5. The molecule has 23 heavy (non-hydrogen) atoms. The molecule has 1 amide bonds. The van der Waals surface area contributed by atoms with E-state index < -0.39 is 6.10 Å². The van der Waals surface area contributed by atoms with E-state index in [2.05, 4.69) is 5.32 Å². The lowest BCUT2D eigenvalue weighted by Crippen LogP contribution is -2.45. The lowest BCUT2D eigenvalue weighted by atomic mass is 9.92. The van der Waals surface area contributed by atoms with Crippen molar-refractivity contribution in [3.63, 3.8) is 0 Å². The van der Waals surface area contributed by atoms with Crippen molar-refractivity contribution in [2.75, 3.05) is 7.11 Å². The Kier molecular flexibility index (Phi) is 4.82. The Labute approximate surface area is 136 Å². The summed E-state index contributed by atoms with van der Waals surface area (Å²) in [5.74, 6) is 0.749. The van der Waals surface area contributed by atoms with Gasteiger partial charge >= 0.3 is 0 Å². The number of ether oxygens (including phenoxy) is 1. The van der Waals surface area contributed by atoms with Gasteiger partial charge in [0.1, 0.15) is 5.75 Å². The van der Waals surface area contributed by atoms with Gasteiger partial charge in [0.05, 0.1) is 25.7 Å². The summed E-state index contributed by atoms with van der Waals surface area (Å²) in [5, 5.41) is 15.1. The van der Waals surface area contributed by atoms with E-state index in [1.165, 1.54) is 0 Å². The number of benzene rings is 2. The molecule has 0 radical (unpaired) electrons. The van der Waals surface area contributed by atoms with Gasteiger partial charge < -0.3 is 15.2 Å². The quantitative estimate of drug-likeness (QED) is 0.912. The van der Waals surface area contributed by atoms with Crippen LogP contribution in [-0.4, -0.2) is 30.3 Å². The molecule has 122 valence electrons. The third-order valence-corrected chi connectivity index (χ3v) is 4.61. The summed E-state index contributed by atoms with van der Waals surface area (Å²) in [6.45, 7) is 0. The molecule has 1 fully saturated rings. The van der Waals surface area contributed by atoms with Gasteiger partial charge in [-0.3, -0.25) is 4.79 Å². The van der Waals surface area contributed by atoms with E-state index in [0.717, 1.165) is 47.8 Å². The zero-order valence-corrected chi connectivity index (χ0v) is 13.4. The number of nitrogens with one attached hydrogen (secondary N) is 1. The van der Waals surface area contributed by atoms with Crippen LogP contribution in [0.25, 0.3) is 10.8 Å². The minimum atomic E-state index is -0.416. The van der Waals surface area contributed by atoms with E-state index in [1.54, 1.807) is 7.11 Å². The smallest absolute Gasteiger partial charge is 0.224 e. The van der Waals surface area contributed by atoms with Crippen molar-refractivity contribution in [3.05, 3.63) is 42.0 Å². The monoisotopic (exact) mass is 313 g/mol. The highest BCUT2D eigenvalue weighted by Gasteiger charge is 2.24. The summed E-state index contributed by atoms with van der Waals surface area (Å²) in [6, 6.07) is 11.7. The van der Waals surface area contributed by atoms with Crippen molar-refractivity contribution in [2.24, 2.45) is 0 Å². The predicted molar refractivity (Wildman–Crippen MR) is 90.6 cm³/mol. The maximum Gasteiger partial charge on any atom is 0.224 e. The molecular weight excluding hydrogens is 290 g/mol. The lowest BCUT2D eigenvalue weighted by Gasteiger charge is -2.28. The van der Waals surface area contributed by atoms with Gasteiger partial charge in [-0.25, -0.2) is 0 Å². The molecule has 3 rings (SSSR count). The Morgan fingerprint density at radius 3 is 2.87 bits per heavy atom. The molecule has 4 heteroatoms. The molecule has 0 bridgehead atoms. The van der Waals surface area contributed by atoms with Gasteiger partial charge in [-0.2, -0.15) is 0 Å². The van der Waals surface area contributed by atoms with E-state index in [-0.39, 0.29) is 11.9 Å². The maximum atomic E-state index is 12.4. The van der Waals surface area contributed by atoms with Crippen molar-refractivity contribution < 1.29 is 14.6 Å². The van der Waals surface area contributed by atoms with Gasteiger partial charge in [0, 0.05) is 0 Å². The molecule has 2 N–H and O–H groups in total. The van der Waals surface area contributed by atoms with E-state index in [1.807, 2.05) is 36.4 Å². The van der Waals surface area contributed by atoms with E-state index in [0.29, 0.717) is 6.42 Å². The van der Waals surface area contributed by atoms with Crippen LogP contribution >= 0.6 is 0 Å². The molecule has 1 saturated carbocycles. The van der Waals surface area contributed by atoms with E-state index in [4.69, 9.17) is 4.74 Å². The Morgan fingerprint density at radius 2 is 2.09 bits per heavy atom. The Hall–Kier alpha value is -2.07. The normalized spacial score (nSPS) is 21.1. The standard InChI is InChI=1S/C19H23NO3/c1-23-15-10-9-13-5-4-6-14(16(13)12-15)11-19(22)20-17-7-2-3-8-18(17)21/h4-6,9-10,12,17-18,21H,2-3,7-8,11H2,1H3,(H,20,22). The third-order valence-electron chi connectivity index (χ3n) is 4.61. The minimum absolute atomic E-state index is 0.0359. The van der Waals surface area contributed by atoms with Crippen LogP contribution in [0.1, 0.15) is 31.2 Å². The minimum Gasteiger partial charge on any atom is -0.497 e. The average molecular weight is 313 g/mol. The number of aliphatic hydroxyl groups excluding tert-OH is 1. The molecule has 2 unspecified atom stereocenters. The number of aliphatic hydroxyl groups is 1. The summed E-state index contributed by atoms with van der Waals surface area (Å²) >= 11 is 0. The second-order valence-corrected chi connectivity index (χ2v) is 6.21. The molecule has 0 spiro atoms. The summed E-state index contributed by atoms with van der Waals surface area (Å²) in [7, 11) is 1.64. The van der Waals surface area contributed by atoms with Crippen molar-refractivity contribution in [3.8, 4) is 5.75 Å². The first-order valence-corrected chi connectivity index (χ1v) is 8.20. The number of fused-ring (bicyclic) bond motifs is 1. The average Bonchev–Trinajstić information content (AvgIpc) is 2.57. The van der Waals surface area contributed by atoms with Crippen molar-refractivity contribution in [2.45, 2.75) is 44.2 Å². The summed E-state index contributed by atoms with van der Waals surface area (Å²) < 4.78 is 5.28. The van der Waals surface area contributed by atoms with Crippen LogP contribution in [0.4, 0.5) is 0 Å². The van der Waals surface area contributed by atoms with Crippen LogP contribution in [0.15, 0.2) is 36.4 Å². The first-order chi connectivity index (χ1) is 11.2. The molecule has 0 aromatic heterocycles. The number of hydrogen-bond donors (Lipinski definition) is 2. The van der Waals surface area contributed by atoms with Crippen molar-refractivity contribution in [1.29, 1.82) is 0 Å². The fourth-order valence-corrected chi connectivity index (χ4v) is 3.31. The van der Waals surface area contributed by atoms with E-state index in [9.17, 15) is 9.90 Å². The van der Waals surface area contributed by atoms with Gasteiger partial charge in [-0.05, 0) is 41.3 Å². The molecule has 2 atom stereocenters. The van der Waals surface area contributed by atoms with Crippen LogP contribution < -0.4 is 10.1 Å². The Bertz CT molecular complexity index is 698. The maximum absolute atomic E-state index is 12.4. The Morgan fingerprint density at radius 1 is 1.26 bits per heavy atom. The van der Waals surface area contributed by atoms with Gasteiger partial charge in [0.2, 0.25) is 5.91 Å². The fraction of sp³-hybridized carbons (Fsp3) is 0.421. The van der Waals surface area contributed by atoms with Crippen LogP contribution in [0.2, 0.25) is 0 Å². The number of methoxy groups -OCH3 is 1. The molecule has 0 heterocycles. The number of rotatable bonds is 4. The largest absolute Gasteiger partial charge is 0.497 e. The number of carbonyl (C=O) groups is 1. The van der Waals surface area contributed by atoms with E-state index >= 15 is 0 Å². The van der Waals surface area contributed by atoms with Crippen molar-refractivity contribution in [1.82, 2.24) is 5.32 Å². The topological polar surface area (TPSA) is 58.6 Å². The summed E-state index contributed by atoms with van der Waals surface area (Å²) in [4.78, 5) is 12.4. The molecule has 1 aliphatic rings. The highest BCUT2D eigenvalue weighted by molar-refractivity contribution is 5.91. The van der Waals surface area contributed by atoms with Crippen LogP contribution in [0.3, 0.4) is 0 Å². The zero-order chi connectivity index (χ0) is 16.2. The molecule has 0 saturated heterocycles. The summed E-state index contributed by atoms with van der Waals surface area (Å²) in [5.41, 5.74) is 0.976. The third kappa shape index (κ3) is 3.64. The first-order valence-electron chi connectivity index (χ1n) is 8.20. The first kappa shape index (κ1) is 15.8. The second-order valence-electron chi connectivity index (χ2n) is 6.21. The van der Waals surface area contributed by atoms with Gasteiger partial charge in [0.25, 0.3) is 0 Å². The molecule has 4 nitrogen and oxygen atoms in total. The fourth-order valence-electron chi connectivity index (χ4n) is 3.31. The number of amides is 1. The SMILES string of the molecule is COc1ccc2cccc(CC(=O)NC3CCCCC3O)c2c1. The van der Waals surface area contributed by atoms with Gasteiger partial charge in [0.15, 0.2) is 0 Å². The zero-order valence-electron chi connectivity index (χ0n) is 13.4. The van der Waals surface area contributed by atoms with Crippen LogP contribution in [0, 0.1) is 0 Å². The van der Waals surface area contributed by atoms with Gasteiger partial charge in [-0.15, -0.1) is 0 Å². The molecule has 2 aromatic rings. The highest BCUT2D eigenvalue weighted by Crippen LogP contribution is 2.25. The lowest BCUT2D eigenvalue weighted by molar-refractivity contribution is -0.122. The molecule has 0 aliphatic heterocycles. The second kappa shape index (κ2) is 7.01.